The Kier molecular flexibility index (Phi) is 4.66. The maximum absolute atomic E-state index is 14.3. The summed E-state index contributed by atoms with van der Waals surface area (Å²) < 4.78 is 19.6. The van der Waals surface area contributed by atoms with Crippen molar-refractivity contribution in [2.45, 2.75) is 26.8 Å². The number of benzene rings is 1. The number of rotatable bonds is 3. The molecule has 1 saturated heterocycles. The van der Waals surface area contributed by atoms with Crippen molar-refractivity contribution in [3.8, 4) is 5.75 Å². The van der Waals surface area contributed by atoms with Crippen molar-refractivity contribution in [3.05, 3.63) is 29.6 Å². The summed E-state index contributed by atoms with van der Waals surface area (Å²) in [6.07, 6.45) is 0. The van der Waals surface area contributed by atoms with E-state index in [9.17, 15) is 4.39 Å². The van der Waals surface area contributed by atoms with Crippen LogP contribution >= 0.6 is 0 Å². The lowest BCUT2D eigenvalue weighted by Crippen LogP contribution is -2.48. The number of hydrogen-bond acceptors (Lipinski definition) is 3. The van der Waals surface area contributed by atoms with E-state index in [0.29, 0.717) is 5.75 Å². The fourth-order valence-corrected chi connectivity index (χ4v) is 3.01. The van der Waals surface area contributed by atoms with Crippen LogP contribution in [0, 0.1) is 11.2 Å². The highest BCUT2D eigenvalue weighted by atomic mass is 19.1. The van der Waals surface area contributed by atoms with Gasteiger partial charge in [0.1, 0.15) is 11.6 Å². The fourth-order valence-electron chi connectivity index (χ4n) is 3.01. The van der Waals surface area contributed by atoms with Crippen LogP contribution in [0.15, 0.2) is 18.2 Å². The largest absolute Gasteiger partial charge is 0.497 e. The average Bonchev–Trinajstić information content (AvgIpc) is 2.41. The van der Waals surface area contributed by atoms with Gasteiger partial charge in [0, 0.05) is 37.8 Å². The van der Waals surface area contributed by atoms with Crippen LogP contribution in [0.5, 0.6) is 5.75 Å². The van der Waals surface area contributed by atoms with Crippen molar-refractivity contribution < 1.29 is 9.13 Å². The lowest BCUT2D eigenvalue weighted by molar-refractivity contribution is 0.0832. The molecule has 112 valence electrons. The summed E-state index contributed by atoms with van der Waals surface area (Å²) in [5.74, 6) is 0.565. The van der Waals surface area contributed by atoms with E-state index in [2.05, 4.69) is 31.0 Å². The number of piperazine rings is 1. The zero-order chi connectivity index (χ0) is 14.8. The highest BCUT2D eigenvalue weighted by Gasteiger charge is 2.34. The van der Waals surface area contributed by atoms with Crippen molar-refractivity contribution >= 4 is 0 Å². The lowest BCUT2D eigenvalue weighted by atomic mass is 9.80. The zero-order valence-electron chi connectivity index (χ0n) is 12.9. The summed E-state index contributed by atoms with van der Waals surface area (Å²) in [5, 5.41) is 3.35. The highest BCUT2D eigenvalue weighted by Crippen LogP contribution is 2.40. The van der Waals surface area contributed by atoms with Gasteiger partial charge in [-0.15, -0.1) is 0 Å². The van der Waals surface area contributed by atoms with E-state index >= 15 is 0 Å². The molecule has 4 heteroatoms. The van der Waals surface area contributed by atoms with Crippen molar-refractivity contribution in [1.29, 1.82) is 0 Å². The summed E-state index contributed by atoms with van der Waals surface area (Å²) in [5.41, 5.74) is 0.698. The maximum atomic E-state index is 14.3. The van der Waals surface area contributed by atoms with Gasteiger partial charge in [-0.2, -0.15) is 0 Å². The third-order valence-electron chi connectivity index (χ3n) is 3.83. The number of nitrogens with one attached hydrogen (secondary N) is 1. The second kappa shape index (κ2) is 6.10. The lowest BCUT2D eigenvalue weighted by Gasteiger charge is -2.42. The third kappa shape index (κ3) is 3.30. The maximum Gasteiger partial charge on any atom is 0.128 e. The van der Waals surface area contributed by atoms with E-state index in [-0.39, 0.29) is 17.3 Å². The quantitative estimate of drug-likeness (QED) is 0.921. The van der Waals surface area contributed by atoms with E-state index in [1.54, 1.807) is 13.2 Å². The number of ether oxygens (including phenoxy) is 1. The molecule has 1 aromatic rings. The topological polar surface area (TPSA) is 24.5 Å². The summed E-state index contributed by atoms with van der Waals surface area (Å²) in [4.78, 5) is 2.37. The average molecular weight is 280 g/mol. The molecule has 3 nitrogen and oxygen atoms in total. The van der Waals surface area contributed by atoms with Gasteiger partial charge < -0.3 is 10.1 Å². The number of halogens is 1. The molecular formula is C16H25FN2O. The Morgan fingerprint density at radius 2 is 1.90 bits per heavy atom. The first-order valence-corrected chi connectivity index (χ1v) is 7.21. The van der Waals surface area contributed by atoms with Crippen LogP contribution in [0.2, 0.25) is 0 Å². The van der Waals surface area contributed by atoms with Crippen LogP contribution in [-0.2, 0) is 0 Å². The van der Waals surface area contributed by atoms with Crippen LogP contribution < -0.4 is 10.1 Å². The zero-order valence-corrected chi connectivity index (χ0v) is 12.9. The summed E-state index contributed by atoms with van der Waals surface area (Å²) in [6.45, 7) is 10.3. The minimum Gasteiger partial charge on any atom is -0.497 e. The van der Waals surface area contributed by atoms with E-state index in [1.165, 1.54) is 6.07 Å². The number of hydrogen-bond donors (Lipinski definition) is 1. The standard InChI is InChI=1S/C16H25FN2O/c1-16(2,3)15(19-9-7-18-8-10-19)13-11-12(20-4)5-6-14(13)17/h5-6,11,15,18H,7-10H2,1-4H3/t15-/m1/s1. The molecule has 1 atom stereocenters. The van der Waals surface area contributed by atoms with Gasteiger partial charge in [-0.25, -0.2) is 4.39 Å². The minimum absolute atomic E-state index is 0.0372. The smallest absolute Gasteiger partial charge is 0.128 e. The molecule has 0 aromatic heterocycles. The molecule has 1 fully saturated rings. The molecule has 20 heavy (non-hydrogen) atoms. The molecule has 0 radical (unpaired) electrons. The van der Waals surface area contributed by atoms with Gasteiger partial charge in [0.25, 0.3) is 0 Å². The summed E-state index contributed by atoms with van der Waals surface area (Å²) in [7, 11) is 1.62. The first kappa shape index (κ1) is 15.3. The van der Waals surface area contributed by atoms with Crippen molar-refractivity contribution in [2.75, 3.05) is 33.3 Å². The molecule has 0 saturated carbocycles. The normalized spacial score (nSPS) is 18.9. The molecule has 1 aliphatic rings. The van der Waals surface area contributed by atoms with Crippen LogP contribution in [0.3, 0.4) is 0 Å². The Labute approximate surface area is 121 Å². The van der Waals surface area contributed by atoms with Crippen molar-refractivity contribution in [1.82, 2.24) is 10.2 Å². The van der Waals surface area contributed by atoms with E-state index in [4.69, 9.17) is 4.74 Å². The number of nitrogens with zero attached hydrogens (tertiary/aromatic N) is 1. The van der Waals surface area contributed by atoms with Crippen LogP contribution in [0.25, 0.3) is 0 Å². The van der Waals surface area contributed by atoms with Gasteiger partial charge in [0.05, 0.1) is 7.11 Å². The summed E-state index contributed by atoms with van der Waals surface area (Å²) >= 11 is 0. The van der Waals surface area contributed by atoms with E-state index < -0.39 is 0 Å². The molecular weight excluding hydrogens is 255 g/mol. The Morgan fingerprint density at radius 1 is 1.25 bits per heavy atom. The van der Waals surface area contributed by atoms with Crippen molar-refractivity contribution in [3.63, 3.8) is 0 Å². The van der Waals surface area contributed by atoms with Crippen LogP contribution in [0.1, 0.15) is 32.4 Å². The van der Waals surface area contributed by atoms with E-state index in [1.807, 2.05) is 6.07 Å². The molecule has 1 aliphatic heterocycles. The predicted molar refractivity (Wildman–Crippen MR) is 79.6 cm³/mol. The van der Waals surface area contributed by atoms with Gasteiger partial charge >= 0.3 is 0 Å². The molecule has 2 rings (SSSR count). The van der Waals surface area contributed by atoms with Gasteiger partial charge in [-0.05, 0) is 23.6 Å². The first-order chi connectivity index (χ1) is 9.43. The van der Waals surface area contributed by atoms with Gasteiger partial charge in [-0.1, -0.05) is 20.8 Å². The van der Waals surface area contributed by atoms with Gasteiger partial charge in [-0.3, -0.25) is 4.90 Å². The Hall–Kier alpha value is -1.13. The minimum atomic E-state index is -0.149. The molecule has 0 amide bonds. The summed E-state index contributed by atoms with van der Waals surface area (Å²) in [6, 6.07) is 5.08. The Morgan fingerprint density at radius 3 is 2.45 bits per heavy atom. The molecule has 0 bridgehead atoms. The molecule has 1 heterocycles. The molecule has 0 aliphatic carbocycles. The number of methoxy groups -OCH3 is 1. The molecule has 0 unspecified atom stereocenters. The molecule has 1 N–H and O–H groups in total. The van der Waals surface area contributed by atoms with Crippen LogP contribution in [0.4, 0.5) is 4.39 Å². The second-order valence-electron chi connectivity index (χ2n) is 6.44. The highest BCUT2D eigenvalue weighted by molar-refractivity contribution is 5.33. The fraction of sp³-hybridized carbons (Fsp3) is 0.625. The van der Waals surface area contributed by atoms with Crippen molar-refractivity contribution in [2.24, 2.45) is 5.41 Å². The molecule has 1 aromatic carbocycles. The first-order valence-electron chi connectivity index (χ1n) is 7.21. The van der Waals surface area contributed by atoms with E-state index in [0.717, 1.165) is 31.7 Å². The van der Waals surface area contributed by atoms with Crippen LogP contribution in [-0.4, -0.2) is 38.2 Å². The second-order valence-corrected chi connectivity index (χ2v) is 6.44. The SMILES string of the molecule is COc1ccc(F)c([C@@H](N2CCNCC2)C(C)(C)C)c1. The van der Waals surface area contributed by atoms with Gasteiger partial charge in [0.15, 0.2) is 0 Å². The predicted octanol–water partition coefficient (Wildman–Crippen LogP) is 2.83. The third-order valence-corrected chi connectivity index (χ3v) is 3.83. The Bertz CT molecular complexity index is 450. The monoisotopic (exact) mass is 280 g/mol. The Balaban J connectivity index is 2.40. The van der Waals surface area contributed by atoms with Gasteiger partial charge in [0.2, 0.25) is 0 Å². The molecule has 0 spiro atoms.